The Hall–Kier alpha value is -2.93. The minimum Gasteiger partial charge on any atom is -0.494 e. The highest BCUT2D eigenvalue weighted by Crippen LogP contribution is 2.40. The number of nitrogens with zero attached hydrogens (tertiary/aromatic N) is 4. The monoisotopic (exact) mass is 397 g/mol. The van der Waals surface area contributed by atoms with Gasteiger partial charge in [0.1, 0.15) is 11.6 Å². The van der Waals surface area contributed by atoms with Gasteiger partial charge >= 0.3 is 0 Å². The van der Waals surface area contributed by atoms with Crippen LogP contribution in [0.3, 0.4) is 0 Å². The van der Waals surface area contributed by atoms with E-state index in [0.29, 0.717) is 29.8 Å². The van der Waals surface area contributed by atoms with Gasteiger partial charge in [-0.05, 0) is 43.2 Å². The molecule has 7 nitrogen and oxygen atoms in total. The zero-order chi connectivity index (χ0) is 19.7. The van der Waals surface area contributed by atoms with Gasteiger partial charge in [0.2, 0.25) is 5.91 Å². The Morgan fingerprint density at radius 3 is 2.68 bits per heavy atom. The largest absolute Gasteiger partial charge is 0.494 e. The molecule has 0 fully saturated rings. The average molecular weight is 398 g/mol. The summed E-state index contributed by atoms with van der Waals surface area (Å²) in [5.41, 5.74) is 2.87. The number of benzene rings is 1. The molecule has 0 bridgehead atoms. The molecule has 144 valence electrons. The third-order valence-corrected chi connectivity index (χ3v) is 4.89. The van der Waals surface area contributed by atoms with Crippen LogP contribution >= 0.6 is 11.6 Å². The summed E-state index contributed by atoms with van der Waals surface area (Å²) >= 11 is 5.84. The van der Waals surface area contributed by atoms with Crippen LogP contribution in [0.1, 0.15) is 42.5 Å². The van der Waals surface area contributed by atoms with Gasteiger partial charge in [0, 0.05) is 17.9 Å². The first-order chi connectivity index (χ1) is 13.6. The average Bonchev–Trinajstić information content (AvgIpc) is 3.03. The number of amides is 1. The first kappa shape index (κ1) is 18.4. The van der Waals surface area contributed by atoms with Gasteiger partial charge in [0.25, 0.3) is 0 Å². The van der Waals surface area contributed by atoms with Gasteiger partial charge in [0.15, 0.2) is 11.0 Å². The fourth-order valence-electron chi connectivity index (χ4n) is 3.44. The molecule has 4 rings (SSSR count). The third kappa shape index (κ3) is 3.45. The van der Waals surface area contributed by atoms with E-state index in [0.717, 1.165) is 29.0 Å². The molecule has 0 saturated heterocycles. The Morgan fingerprint density at radius 2 is 2.00 bits per heavy atom. The second kappa shape index (κ2) is 7.59. The summed E-state index contributed by atoms with van der Waals surface area (Å²) in [5.74, 6) is 1.81. The normalized spacial score (nSPS) is 15.8. The topological polar surface area (TPSA) is 81.9 Å². The van der Waals surface area contributed by atoms with Crippen LogP contribution in [0.2, 0.25) is 5.15 Å². The maximum Gasteiger partial charge on any atom is 0.226 e. The molecular weight excluding hydrogens is 378 g/mol. The number of ether oxygens (including phenoxy) is 1. The number of anilines is 1. The van der Waals surface area contributed by atoms with Crippen molar-refractivity contribution in [1.82, 2.24) is 20.0 Å². The van der Waals surface area contributed by atoms with E-state index in [1.165, 1.54) is 0 Å². The summed E-state index contributed by atoms with van der Waals surface area (Å²) in [7, 11) is 0. The summed E-state index contributed by atoms with van der Waals surface area (Å²) in [6.07, 6.45) is 1.32. The lowest BCUT2D eigenvalue weighted by Crippen LogP contribution is -2.25. The summed E-state index contributed by atoms with van der Waals surface area (Å²) in [4.78, 5) is 12.4. The first-order valence-electron chi connectivity index (χ1n) is 9.18. The number of aromatic nitrogens is 4. The van der Waals surface area contributed by atoms with Crippen LogP contribution in [0.4, 0.5) is 5.82 Å². The van der Waals surface area contributed by atoms with Crippen molar-refractivity contribution in [2.75, 3.05) is 11.9 Å². The first-order valence-corrected chi connectivity index (χ1v) is 9.56. The Morgan fingerprint density at radius 1 is 1.21 bits per heavy atom. The fourth-order valence-corrected chi connectivity index (χ4v) is 3.54. The number of carbonyl (C=O) groups is 1. The molecule has 3 aromatic rings. The highest BCUT2D eigenvalue weighted by molar-refractivity contribution is 6.29. The van der Waals surface area contributed by atoms with E-state index in [1.807, 2.05) is 31.2 Å². The quantitative estimate of drug-likeness (QED) is 0.706. The number of rotatable bonds is 5. The molecular formula is C20H20ClN5O2. The molecule has 0 saturated carbocycles. The summed E-state index contributed by atoms with van der Waals surface area (Å²) in [6.45, 7) is 4.69. The number of fused-ring (bicyclic) bond motifs is 1. The Labute approximate surface area is 167 Å². The number of halogens is 1. The zero-order valence-corrected chi connectivity index (χ0v) is 16.4. The van der Waals surface area contributed by atoms with E-state index in [9.17, 15) is 4.79 Å². The minimum atomic E-state index is -0.0852. The standard InChI is InChI=1S/C20H20ClN5O2/c1-3-10-28-14-6-4-13(5-7-14)15-11-18(27)22-20-19(15)12(2)25-26(20)17-9-8-16(21)23-24-17/h4-9,15H,3,10-11H2,1-2H3,(H,22,27)/t15-/m1/s1. The van der Waals surface area contributed by atoms with Crippen molar-refractivity contribution in [2.24, 2.45) is 0 Å². The highest BCUT2D eigenvalue weighted by atomic mass is 35.5. The second-order valence-corrected chi connectivity index (χ2v) is 7.08. The van der Waals surface area contributed by atoms with E-state index in [1.54, 1.807) is 16.8 Å². The lowest BCUT2D eigenvalue weighted by Gasteiger charge is -2.24. The molecule has 1 atom stereocenters. The van der Waals surface area contributed by atoms with E-state index >= 15 is 0 Å². The van der Waals surface area contributed by atoms with E-state index in [-0.39, 0.29) is 11.8 Å². The fraction of sp³-hybridized carbons (Fsp3) is 0.300. The van der Waals surface area contributed by atoms with Crippen molar-refractivity contribution in [3.63, 3.8) is 0 Å². The van der Waals surface area contributed by atoms with Crippen molar-refractivity contribution < 1.29 is 9.53 Å². The van der Waals surface area contributed by atoms with Gasteiger partial charge < -0.3 is 10.1 Å². The van der Waals surface area contributed by atoms with Crippen molar-refractivity contribution in [2.45, 2.75) is 32.6 Å². The number of hydrogen-bond donors (Lipinski definition) is 1. The van der Waals surface area contributed by atoms with Crippen molar-refractivity contribution >= 4 is 23.3 Å². The SMILES string of the molecule is CCCOc1ccc([C@H]2CC(=O)Nc3c2c(C)nn3-c2ccc(Cl)nn2)cc1. The molecule has 0 spiro atoms. The van der Waals surface area contributed by atoms with E-state index in [2.05, 4.69) is 27.5 Å². The molecule has 1 amide bonds. The van der Waals surface area contributed by atoms with Crippen LogP contribution in [-0.4, -0.2) is 32.5 Å². The Bertz CT molecular complexity index is 999. The molecule has 0 aliphatic carbocycles. The van der Waals surface area contributed by atoms with Crippen LogP contribution in [0, 0.1) is 6.92 Å². The summed E-state index contributed by atoms with van der Waals surface area (Å²) in [6, 6.07) is 11.3. The van der Waals surface area contributed by atoms with Gasteiger partial charge in [-0.25, -0.2) is 0 Å². The summed E-state index contributed by atoms with van der Waals surface area (Å²) < 4.78 is 7.27. The zero-order valence-electron chi connectivity index (χ0n) is 15.6. The maximum absolute atomic E-state index is 12.4. The van der Waals surface area contributed by atoms with Crippen molar-refractivity contribution in [3.05, 3.63) is 58.4 Å². The molecule has 0 unspecified atom stereocenters. The van der Waals surface area contributed by atoms with Gasteiger partial charge in [0.05, 0.1) is 12.3 Å². The predicted molar refractivity (Wildman–Crippen MR) is 106 cm³/mol. The molecule has 8 heteroatoms. The predicted octanol–water partition coefficient (Wildman–Crippen LogP) is 3.89. The van der Waals surface area contributed by atoms with Crippen molar-refractivity contribution in [3.8, 4) is 11.6 Å². The molecule has 28 heavy (non-hydrogen) atoms. The molecule has 1 aromatic carbocycles. The molecule has 1 aliphatic rings. The second-order valence-electron chi connectivity index (χ2n) is 6.70. The molecule has 2 aromatic heterocycles. The highest BCUT2D eigenvalue weighted by Gasteiger charge is 2.32. The summed E-state index contributed by atoms with van der Waals surface area (Å²) in [5, 5.41) is 15.8. The van der Waals surface area contributed by atoms with Gasteiger partial charge in [-0.3, -0.25) is 4.79 Å². The number of carbonyl (C=O) groups excluding carboxylic acids is 1. The van der Waals surface area contributed by atoms with Crippen LogP contribution < -0.4 is 10.1 Å². The maximum atomic E-state index is 12.4. The number of nitrogens with one attached hydrogen (secondary N) is 1. The third-order valence-electron chi connectivity index (χ3n) is 4.69. The van der Waals surface area contributed by atoms with Crippen LogP contribution in [-0.2, 0) is 4.79 Å². The van der Waals surface area contributed by atoms with Gasteiger partial charge in [-0.1, -0.05) is 30.7 Å². The van der Waals surface area contributed by atoms with Crippen LogP contribution in [0.15, 0.2) is 36.4 Å². The van der Waals surface area contributed by atoms with E-state index < -0.39 is 0 Å². The minimum absolute atomic E-state index is 0.0631. The Kier molecular flexibility index (Phi) is 5.00. The molecule has 1 N–H and O–H groups in total. The van der Waals surface area contributed by atoms with Gasteiger partial charge in [-0.15, -0.1) is 10.2 Å². The van der Waals surface area contributed by atoms with Crippen molar-refractivity contribution in [1.29, 1.82) is 0 Å². The lowest BCUT2D eigenvalue weighted by molar-refractivity contribution is -0.116. The number of aryl methyl sites for hydroxylation is 1. The molecule has 0 radical (unpaired) electrons. The van der Waals surface area contributed by atoms with E-state index in [4.69, 9.17) is 16.3 Å². The lowest BCUT2D eigenvalue weighted by atomic mass is 9.86. The number of hydrogen-bond acceptors (Lipinski definition) is 5. The molecule has 3 heterocycles. The molecule has 1 aliphatic heterocycles. The van der Waals surface area contributed by atoms with Crippen LogP contribution in [0.25, 0.3) is 5.82 Å². The smallest absolute Gasteiger partial charge is 0.226 e. The van der Waals surface area contributed by atoms with Crippen LogP contribution in [0.5, 0.6) is 5.75 Å². The van der Waals surface area contributed by atoms with Gasteiger partial charge in [-0.2, -0.15) is 9.78 Å². The Balaban J connectivity index is 1.73.